The van der Waals surface area contributed by atoms with Crippen molar-refractivity contribution in [3.8, 4) is 22.5 Å². The van der Waals surface area contributed by atoms with E-state index in [1.807, 2.05) is 30.8 Å². The minimum Gasteiger partial charge on any atom is -0.298 e. The van der Waals surface area contributed by atoms with E-state index in [0.717, 1.165) is 39.8 Å². The van der Waals surface area contributed by atoms with Gasteiger partial charge in [-0.15, -0.1) is 0 Å². The SMILES string of the molecule is Cc1c(C)c(C)c2c(c1C)C(=O)c1c(-c3ccc(C=O)cc3)nn(C)c1-2. The zero-order valence-electron chi connectivity index (χ0n) is 15.6. The molecule has 0 spiro atoms. The highest BCUT2D eigenvalue weighted by molar-refractivity contribution is 6.25. The molecule has 0 aliphatic heterocycles. The quantitative estimate of drug-likeness (QED) is 0.508. The highest BCUT2D eigenvalue weighted by Gasteiger charge is 2.37. The van der Waals surface area contributed by atoms with Gasteiger partial charge in [0.25, 0.3) is 0 Å². The lowest BCUT2D eigenvalue weighted by Gasteiger charge is -2.15. The van der Waals surface area contributed by atoms with Crippen LogP contribution in [0, 0.1) is 27.7 Å². The van der Waals surface area contributed by atoms with Crippen LogP contribution in [-0.2, 0) is 7.05 Å². The smallest absolute Gasteiger partial charge is 0.198 e. The molecule has 26 heavy (non-hydrogen) atoms. The molecule has 1 aliphatic carbocycles. The Balaban J connectivity index is 2.03. The molecule has 1 heterocycles. The lowest BCUT2D eigenvalue weighted by molar-refractivity contribution is 0.104. The minimum atomic E-state index is 0.0428. The number of nitrogens with zero attached hydrogens (tertiary/aromatic N) is 2. The summed E-state index contributed by atoms with van der Waals surface area (Å²) in [5, 5.41) is 4.64. The largest absolute Gasteiger partial charge is 0.298 e. The molecule has 2 aromatic carbocycles. The number of ketones is 1. The average molecular weight is 344 g/mol. The number of rotatable bonds is 2. The monoisotopic (exact) mass is 344 g/mol. The minimum absolute atomic E-state index is 0.0428. The first-order chi connectivity index (χ1) is 12.4. The van der Waals surface area contributed by atoms with Crippen molar-refractivity contribution in [1.82, 2.24) is 9.78 Å². The summed E-state index contributed by atoms with van der Waals surface area (Å²) in [5.41, 5.74) is 10.1. The number of aromatic nitrogens is 2. The zero-order chi connectivity index (χ0) is 18.7. The Hall–Kier alpha value is -3.01. The van der Waals surface area contributed by atoms with E-state index in [1.54, 1.807) is 12.1 Å². The maximum absolute atomic E-state index is 13.3. The van der Waals surface area contributed by atoms with Crippen molar-refractivity contribution >= 4 is 12.1 Å². The standard InChI is InChI=1S/C22H20N2O2/c1-11-12(2)14(4)18-17(13(11)3)21-19(22(18)26)20(23-24(21)5)16-8-6-15(10-25)7-9-16/h6-10H,1-5H3. The van der Waals surface area contributed by atoms with Gasteiger partial charge in [-0.05, 0) is 49.9 Å². The third kappa shape index (κ3) is 1.99. The molecule has 0 saturated heterocycles. The second-order valence-corrected chi connectivity index (χ2v) is 7.01. The molecule has 0 bridgehead atoms. The summed E-state index contributed by atoms with van der Waals surface area (Å²) < 4.78 is 1.81. The van der Waals surface area contributed by atoms with Crippen molar-refractivity contribution in [2.24, 2.45) is 7.05 Å². The molecule has 0 amide bonds. The summed E-state index contributed by atoms with van der Waals surface area (Å²) >= 11 is 0. The second-order valence-electron chi connectivity index (χ2n) is 7.01. The van der Waals surface area contributed by atoms with Crippen LogP contribution in [0.4, 0.5) is 0 Å². The zero-order valence-corrected chi connectivity index (χ0v) is 15.6. The van der Waals surface area contributed by atoms with Gasteiger partial charge in [0.1, 0.15) is 12.0 Å². The van der Waals surface area contributed by atoms with Crippen LogP contribution in [0.15, 0.2) is 24.3 Å². The van der Waals surface area contributed by atoms with Gasteiger partial charge in [-0.2, -0.15) is 5.10 Å². The van der Waals surface area contributed by atoms with Gasteiger partial charge >= 0.3 is 0 Å². The molecule has 4 nitrogen and oxygen atoms in total. The van der Waals surface area contributed by atoms with Crippen molar-refractivity contribution in [1.29, 1.82) is 0 Å². The summed E-state index contributed by atoms with van der Waals surface area (Å²) in [6.45, 7) is 8.28. The van der Waals surface area contributed by atoms with Crippen LogP contribution in [0.25, 0.3) is 22.5 Å². The van der Waals surface area contributed by atoms with Crippen LogP contribution in [0.2, 0.25) is 0 Å². The Morgan fingerprint density at radius 2 is 1.42 bits per heavy atom. The van der Waals surface area contributed by atoms with E-state index in [-0.39, 0.29) is 5.78 Å². The molecule has 3 aromatic rings. The van der Waals surface area contributed by atoms with Crippen LogP contribution in [0.5, 0.6) is 0 Å². The Kier molecular flexibility index (Phi) is 3.48. The number of aryl methyl sites for hydroxylation is 1. The van der Waals surface area contributed by atoms with E-state index in [2.05, 4.69) is 25.9 Å². The van der Waals surface area contributed by atoms with Crippen LogP contribution in [0.1, 0.15) is 48.5 Å². The molecule has 4 rings (SSSR count). The van der Waals surface area contributed by atoms with Crippen molar-refractivity contribution < 1.29 is 9.59 Å². The Morgan fingerprint density at radius 1 is 0.846 bits per heavy atom. The Morgan fingerprint density at radius 3 is 2.00 bits per heavy atom. The summed E-state index contributed by atoms with van der Waals surface area (Å²) in [4.78, 5) is 24.3. The van der Waals surface area contributed by atoms with Gasteiger partial charge in [-0.1, -0.05) is 24.3 Å². The lowest BCUT2D eigenvalue weighted by Crippen LogP contribution is -2.05. The predicted octanol–water partition coefficient (Wildman–Crippen LogP) is 4.34. The molecule has 0 radical (unpaired) electrons. The second kappa shape index (κ2) is 5.49. The van der Waals surface area contributed by atoms with E-state index in [4.69, 9.17) is 0 Å². The molecule has 1 aliphatic rings. The van der Waals surface area contributed by atoms with E-state index in [1.165, 1.54) is 11.1 Å². The molecule has 0 N–H and O–H groups in total. The van der Waals surface area contributed by atoms with Crippen molar-refractivity contribution in [3.05, 3.63) is 63.2 Å². The van der Waals surface area contributed by atoms with E-state index >= 15 is 0 Å². The number of hydrogen-bond acceptors (Lipinski definition) is 3. The van der Waals surface area contributed by atoms with Gasteiger partial charge in [0.05, 0.1) is 11.3 Å². The summed E-state index contributed by atoms with van der Waals surface area (Å²) in [6.07, 6.45) is 0.811. The lowest BCUT2D eigenvalue weighted by atomic mass is 9.89. The molecular weight excluding hydrogens is 324 g/mol. The number of benzene rings is 2. The highest BCUT2D eigenvalue weighted by Crippen LogP contribution is 2.45. The van der Waals surface area contributed by atoms with Crippen molar-refractivity contribution in [2.45, 2.75) is 27.7 Å². The van der Waals surface area contributed by atoms with E-state index in [9.17, 15) is 9.59 Å². The van der Waals surface area contributed by atoms with Gasteiger partial charge < -0.3 is 0 Å². The first kappa shape index (κ1) is 16.5. The fraction of sp³-hybridized carbons (Fsp3) is 0.227. The number of fused-ring (bicyclic) bond motifs is 3. The maximum atomic E-state index is 13.3. The normalized spacial score (nSPS) is 12.3. The number of aldehydes is 1. The van der Waals surface area contributed by atoms with Gasteiger partial charge in [0.2, 0.25) is 0 Å². The third-order valence-electron chi connectivity index (χ3n) is 5.75. The van der Waals surface area contributed by atoms with Crippen LogP contribution >= 0.6 is 0 Å². The maximum Gasteiger partial charge on any atom is 0.198 e. The van der Waals surface area contributed by atoms with Crippen LogP contribution in [0.3, 0.4) is 0 Å². The molecule has 0 atom stereocenters. The van der Waals surface area contributed by atoms with Crippen molar-refractivity contribution in [2.75, 3.05) is 0 Å². The highest BCUT2D eigenvalue weighted by atomic mass is 16.1. The number of carbonyl (C=O) groups is 2. The molecule has 130 valence electrons. The third-order valence-corrected chi connectivity index (χ3v) is 5.75. The van der Waals surface area contributed by atoms with Crippen LogP contribution < -0.4 is 0 Å². The summed E-state index contributed by atoms with van der Waals surface area (Å²) in [5.74, 6) is 0.0428. The van der Waals surface area contributed by atoms with Gasteiger partial charge in [0, 0.05) is 29.3 Å². The topological polar surface area (TPSA) is 52.0 Å². The van der Waals surface area contributed by atoms with Gasteiger partial charge in [-0.25, -0.2) is 0 Å². The molecule has 4 heteroatoms. The van der Waals surface area contributed by atoms with Crippen molar-refractivity contribution in [3.63, 3.8) is 0 Å². The summed E-state index contributed by atoms with van der Waals surface area (Å²) in [6, 6.07) is 7.19. The van der Waals surface area contributed by atoms with Gasteiger partial charge in [-0.3, -0.25) is 14.3 Å². The molecule has 0 fully saturated rings. The summed E-state index contributed by atoms with van der Waals surface area (Å²) in [7, 11) is 1.88. The predicted molar refractivity (Wildman–Crippen MR) is 102 cm³/mol. The Labute approximate surface area is 152 Å². The van der Waals surface area contributed by atoms with Gasteiger partial charge in [0.15, 0.2) is 5.78 Å². The first-order valence-electron chi connectivity index (χ1n) is 8.64. The number of carbonyl (C=O) groups excluding carboxylic acids is 2. The first-order valence-corrected chi connectivity index (χ1v) is 8.64. The molecule has 1 aromatic heterocycles. The average Bonchev–Trinajstić information content (AvgIpc) is 3.14. The fourth-order valence-corrected chi connectivity index (χ4v) is 3.96. The fourth-order valence-electron chi connectivity index (χ4n) is 3.96. The molecular formula is C22H20N2O2. The number of hydrogen-bond donors (Lipinski definition) is 0. The Bertz CT molecular complexity index is 1100. The van der Waals surface area contributed by atoms with Crippen LogP contribution in [-0.4, -0.2) is 21.8 Å². The van der Waals surface area contributed by atoms with E-state index < -0.39 is 0 Å². The van der Waals surface area contributed by atoms with E-state index in [0.29, 0.717) is 16.8 Å². The molecule has 0 unspecified atom stereocenters. The molecule has 0 saturated carbocycles.